The summed E-state index contributed by atoms with van der Waals surface area (Å²) in [4.78, 5) is 1.34. The molecule has 0 aliphatic carbocycles. The van der Waals surface area contributed by atoms with Gasteiger partial charge in [-0.25, -0.2) is 0 Å². The summed E-state index contributed by atoms with van der Waals surface area (Å²) in [7, 11) is 0. The molecule has 19 heavy (non-hydrogen) atoms. The minimum absolute atomic E-state index is 0.613. The predicted molar refractivity (Wildman–Crippen MR) is 80.0 cm³/mol. The highest BCUT2D eigenvalue weighted by atomic mass is 79.9. The Balaban J connectivity index is 1.66. The average molecular weight is 340 g/mol. The molecule has 0 fully saturated rings. The van der Waals surface area contributed by atoms with E-state index in [0.29, 0.717) is 13.2 Å². The highest BCUT2D eigenvalue weighted by Gasteiger charge is 2.16. The number of thiophene rings is 1. The van der Waals surface area contributed by atoms with Gasteiger partial charge in [-0.05, 0) is 45.1 Å². The van der Waals surface area contributed by atoms with Crippen molar-refractivity contribution in [2.24, 2.45) is 0 Å². The van der Waals surface area contributed by atoms with Crippen LogP contribution in [-0.2, 0) is 13.1 Å². The van der Waals surface area contributed by atoms with Gasteiger partial charge < -0.3 is 14.8 Å². The summed E-state index contributed by atoms with van der Waals surface area (Å²) in [6.07, 6.45) is 0. The highest BCUT2D eigenvalue weighted by molar-refractivity contribution is 9.10. The Bertz CT molecular complexity index is 557. The number of fused-ring (bicyclic) bond motifs is 1. The first-order chi connectivity index (χ1) is 9.33. The monoisotopic (exact) mass is 339 g/mol. The topological polar surface area (TPSA) is 30.5 Å². The molecule has 0 saturated heterocycles. The lowest BCUT2D eigenvalue weighted by atomic mass is 10.2. The summed E-state index contributed by atoms with van der Waals surface area (Å²) in [6, 6.07) is 8.33. The van der Waals surface area contributed by atoms with E-state index >= 15 is 0 Å². The van der Waals surface area contributed by atoms with Crippen molar-refractivity contribution in [2.45, 2.75) is 13.1 Å². The van der Waals surface area contributed by atoms with Crippen LogP contribution in [0.1, 0.15) is 10.4 Å². The molecule has 0 amide bonds. The molecule has 2 heterocycles. The van der Waals surface area contributed by atoms with Crippen molar-refractivity contribution in [2.75, 3.05) is 13.2 Å². The van der Waals surface area contributed by atoms with E-state index in [9.17, 15) is 0 Å². The zero-order valence-corrected chi connectivity index (χ0v) is 12.7. The maximum atomic E-state index is 5.62. The van der Waals surface area contributed by atoms with Gasteiger partial charge >= 0.3 is 0 Å². The van der Waals surface area contributed by atoms with Crippen LogP contribution in [0.5, 0.6) is 11.5 Å². The summed E-state index contributed by atoms with van der Waals surface area (Å²) in [5.41, 5.74) is 1.19. The van der Waals surface area contributed by atoms with E-state index in [1.54, 1.807) is 11.3 Å². The molecule has 0 atom stereocenters. The second-order valence-corrected chi connectivity index (χ2v) is 6.17. The Morgan fingerprint density at radius 1 is 1.21 bits per heavy atom. The molecule has 1 aromatic carbocycles. The number of ether oxygens (including phenoxy) is 2. The Morgan fingerprint density at radius 2 is 2.11 bits per heavy atom. The lowest BCUT2D eigenvalue weighted by molar-refractivity contribution is 0.170. The van der Waals surface area contributed by atoms with E-state index in [1.165, 1.54) is 10.4 Å². The van der Waals surface area contributed by atoms with E-state index in [2.05, 4.69) is 44.8 Å². The predicted octanol–water partition coefficient (Wildman–Crippen LogP) is 3.57. The van der Waals surface area contributed by atoms with Crippen molar-refractivity contribution in [3.63, 3.8) is 0 Å². The number of halogens is 1. The molecule has 3 nitrogen and oxygen atoms in total. The Morgan fingerprint density at radius 3 is 2.95 bits per heavy atom. The summed E-state index contributed by atoms with van der Waals surface area (Å²) < 4.78 is 12.2. The van der Waals surface area contributed by atoms with Crippen molar-refractivity contribution in [1.29, 1.82) is 0 Å². The van der Waals surface area contributed by atoms with Crippen LogP contribution in [-0.4, -0.2) is 13.2 Å². The Labute approximate surface area is 124 Å². The van der Waals surface area contributed by atoms with Gasteiger partial charge in [0, 0.05) is 18.0 Å². The molecule has 0 unspecified atom stereocenters. The van der Waals surface area contributed by atoms with Crippen molar-refractivity contribution >= 4 is 27.3 Å². The number of hydrogen-bond donors (Lipinski definition) is 1. The van der Waals surface area contributed by atoms with E-state index in [4.69, 9.17) is 9.47 Å². The molecule has 1 aliphatic heterocycles. The fourth-order valence-electron chi connectivity index (χ4n) is 2.01. The minimum atomic E-state index is 0.613. The standard InChI is InChI=1S/C14H14BrNO2S/c15-12-6-10(7-13-14(12)18-4-3-17-13)8-16-9-11-2-1-5-19-11/h1-2,5-7,16H,3-4,8-9H2. The molecule has 0 saturated carbocycles. The van der Waals surface area contributed by atoms with E-state index < -0.39 is 0 Å². The first-order valence-electron chi connectivity index (χ1n) is 6.14. The molecule has 2 aromatic rings. The second kappa shape index (κ2) is 5.94. The third-order valence-corrected chi connectivity index (χ3v) is 4.33. The van der Waals surface area contributed by atoms with Crippen molar-refractivity contribution in [1.82, 2.24) is 5.32 Å². The van der Waals surface area contributed by atoms with Crippen LogP contribution >= 0.6 is 27.3 Å². The van der Waals surface area contributed by atoms with Crippen LogP contribution in [0.2, 0.25) is 0 Å². The van der Waals surface area contributed by atoms with Gasteiger partial charge in [-0.1, -0.05) is 6.07 Å². The summed E-state index contributed by atoms with van der Waals surface area (Å²) in [5.74, 6) is 1.64. The van der Waals surface area contributed by atoms with Crippen molar-refractivity contribution < 1.29 is 9.47 Å². The van der Waals surface area contributed by atoms with Gasteiger partial charge in [0.2, 0.25) is 0 Å². The fraction of sp³-hybridized carbons (Fsp3) is 0.286. The first-order valence-corrected chi connectivity index (χ1v) is 7.81. The molecule has 5 heteroatoms. The zero-order chi connectivity index (χ0) is 13.1. The normalized spacial score (nSPS) is 13.5. The summed E-state index contributed by atoms with van der Waals surface area (Å²) >= 11 is 5.30. The number of nitrogens with one attached hydrogen (secondary N) is 1. The maximum Gasteiger partial charge on any atom is 0.175 e. The van der Waals surface area contributed by atoms with Crippen LogP contribution in [0.25, 0.3) is 0 Å². The zero-order valence-electron chi connectivity index (χ0n) is 10.3. The van der Waals surface area contributed by atoms with E-state index in [1.807, 2.05) is 6.07 Å². The molecule has 0 bridgehead atoms. The molecule has 1 aliphatic rings. The third-order valence-electron chi connectivity index (χ3n) is 2.87. The summed E-state index contributed by atoms with van der Waals surface area (Å²) in [6.45, 7) is 2.93. The van der Waals surface area contributed by atoms with Crippen LogP contribution in [0, 0.1) is 0 Å². The Kier molecular flexibility index (Phi) is 4.06. The largest absolute Gasteiger partial charge is 0.486 e. The van der Waals surface area contributed by atoms with Gasteiger partial charge in [0.1, 0.15) is 13.2 Å². The van der Waals surface area contributed by atoms with Crippen LogP contribution in [0.4, 0.5) is 0 Å². The molecule has 100 valence electrons. The SMILES string of the molecule is Brc1cc(CNCc2cccs2)cc2c1OCCO2. The number of rotatable bonds is 4. The van der Waals surface area contributed by atoms with E-state index in [0.717, 1.165) is 29.1 Å². The smallest absolute Gasteiger partial charge is 0.175 e. The molecular formula is C14H14BrNO2S. The lowest BCUT2D eigenvalue weighted by Gasteiger charge is -2.20. The van der Waals surface area contributed by atoms with Gasteiger partial charge in [-0.3, -0.25) is 0 Å². The summed E-state index contributed by atoms with van der Waals surface area (Å²) in [5, 5.41) is 5.53. The quantitative estimate of drug-likeness (QED) is 0.923. The minimum Gasteiger partial charge on any atom is -0.486 e. The maximum absolute atomic E-state index is 5.62. The molecular weight excluding hydrogens is 326 g/mol. The number of benzene rings is 1. The van der Waals surface area contributed by atoms with Gasteiger partial charge in [0.25, 0.3) is 0 Å². The van der Waals surface area contributed by atoms with Crippen molar-refractivity contribution in [3.05, 3.63) is 44.6 Å². The lowest BCUT2D eigenvalue weighted by Crippen LogP contribution is -2.17. The second-order valence-electron chi connectivity index (χ2n) is 4.28. The van der Waals surface area contributed by atoms with Gasteiger partial charge in [0.05, 0.1) is 4.47 Å². The van der Waals surface area contributed by atoms with Gasteiger partial charge in [-0.2, -0.15) is 0 Å². The first kappa shape index (κ1) is 13.0. The van der Waals surface area contributed by atoms with Gasteiger partial charge in [-0.15, -0.1) is 11.3 Å². The molecule has 3 rings (SSSR count). The van der Waals surface area contributed by atoms with Crippen LogP contribution in [0.15, 0.2) is 34.1 Å². The Hall–Kier alpha value is -1.04. The average Bonchev–Trinajstić information content (AvgIpc) is 2.92. The molecule has 1 aromatic heterocycles. The molecule has 0 spiro atoms. The van der Waals surface area contributed by atoms with Crippen molar-refractivity contribution in [3.8, 4) is 11.5 Å². The van der Waals surface area contributed by atoms with Crippen LogP contribution < -0.4 is 14.8 Å². The molecule has 1 N–H and O–H groups in total. The highest BCUT2D eigenvalue weighted by Crippen LogP contribution is 2.38. The third kappa shape index (κ3) is 3.11. The molecule has 0 radical (unpaired) electrons. The fourth-order valence-corrected chi connectivity index (χ4v) is 3.29. The van der Waals surface area contributed by atoms with E-state index in [-0.39, 0.29) is 0 Å². The number of hydrogen-bond acceptors (Lipinski definition) is 4. The van der Waals surface area contributed by atoms with Gasteiger partial charge in [0.15, 0.2) is 11.5 Å². The van der Waals surface area contributed by atoms with Crippen LogP contribution in [0.3, 0.4) is 0 Å².